The molecule has 1 amide bonds. The Morgan fingerprint density at radius 1 is 1.58 bits per heavy atom. The molecule has 2 atom stereocenters. The van der Waals surface area contributed by atoms with Crippen molar-refractivity contribution in [1.29, 1.82) is 0 Å². The summed E-state index contributed by atoms with van der Waals surface area (Å²) < 4.78 is 0.957. The Balaban J connectivity index is 2.24. The van der Waals surface area contributed by atoms with Crippen LogP contribution in [0.1, 0.15) is 30.1 Å². The summed E-state index contributed by atoms with van der Waals surface area (Å²) in [7, 11) is 0. The molecule has 2 rings (SSSR count). The Morgan fingerprint density at radius 3 is 2.95 bits per heavy atom. The first-order chi connectivity index (χ1) is 9.04. The zero-order valence-electron chi connectivity index (χ0n) is 10.9. The van der Waals surface area contributed by atoms with Gasteiger partial charge in [-0.1, -0.05) is 18.5 Å². The van der Waals surface area contributed by atoms with E-state index in [1.165, 1.54) is 0 Å². The van der Waals surface area contributed by atoms with Crippen molar-refractivity contribution in [2.45, 2.75) is 25.8 Å². The SMILES string of the molecule is CC1CCCN(C(=O)c2ccc(I)c(Cl)c2)C1CN. The summed E-state index contributed by atoms with van der Waals surface area (Å²) in [5, 5.41) is 0.626. The molecule has 0 aliphatic carbocycles. The third-order valence-electron chi connectivity index (χ3n) is 3.78. The Bertz CT molecular complexity index is 481. The van der Waals surface area contributed by atoms with Crippen LogP contribution in [-0.4, -0.2) is 29.9 Å². The van der Waals surface area contributed by atoms with Crippen LogP contribution in [-0.2, 0) is 0 Å². The second-order valence-electron chi connectivity index (χ2n) is 5.05. The molecule has 2 N–H and O–H groups in total. The Hall–Kier alpha value is -0.330. The normalized spacial score (nSPS) is 23.5. The quantitative estimate of drug-likeness (QED) is 0.786. The van der Waals surface area contributed by atoms with Gasteiger partial charge in [-0.15, -0.1) is 0 Å². The van der Waals surface area contributed by atoms with Crippen molar-refractivity contribution >= 4 is 40.1 Å². The van der Waals surface area contributed by atoms with E-state index in [0.29, 0.717) is 23.0 Å². The van der Waals surface area contributed by atoms with Crippen molar-refractivity contribution in [3.63, 3.8) is 0 Å². The van der Waals surface area contributed by atoms with Gasteiger partial charge in [0, 0.05) is 28.3 Å². The molecule has 19 heavy (non-hydrogen) atoms. The minimum absolute atomic E-state index is 0.0419. The molecule has 1 heterocycles. The summed E-state index contributed by atoms with van der Waals surface area (Å²) in [5.74, 6) is 0.502. The van der Waals surface area contributed by atoms with E-state index in [-0.39, 0.29) is 11.9 Å². The molecule has 0 bridgehead atoms. The van der Waals surface area contributed by atoms with Crippen LogP contribution in [0, 0.1) is 9.49 Å². The van der Waals surface area contributed by atoms with Crippen molar-refractivity contribution in [1.82, 2.24) is 4.90 Å². The molecule has 0 aromatic heterocycles. The molecule has 2 unspecified atom stereocenters. The summed E-state index contributed by atoms with van der Waals surface area (Å²) >= 11 is 8.25. The second kappa shape index (κ2) is 6.41. The lowest BCUT2D eigenvalue weighted by Crippen LogP contribution is -2.51. The number of nitrogens with two attached hydrogens (primary N) is 1. The number of nitrogens with zero attached hydrogens (tertiary/aromatic N) is 1. The van der Waals surface area contributed by atoms with Gasteiger partial charge < -0.3 is 10.6 Å². The number of carbonyl (C=O) groups excluding carboxylic acids is 1. The van der Waals surface area contributed by atoms with Crippen molar-refractivity contribution in [3.8, 4) is 0 Å². The van der Waals surface area contributed by atoms with Crippen LogP contribution >= 0.6 is 34.2 Å². The maximum Gasteiger partial charge on any atom is 0.254 e. The van der Waals surface area contributed by atoms with Gasteiger partial charge in [0.2, 0.25) is 0 Å². The van der Waals surface area contributed by atoms with E-state index in [9.17, 15) is 4.79 Å². The summed E-state index contributed by atoms with van der Waals surface area (Å²) in [6, 6.07) is 5.60. The molecule has 1 saturated heterocycles. The van der Waals surface area contributed by atoms with Crippen LogP contribution in [0.2, 0.25) is 5.02 Å². The largest absolute Gasteiger partial charge is 0.334 e. The van der Waals surface area contributed by atoms with Crippen LogP contribution in [0.25, 0.3) is 0 Å². The first-order valence-corrected chi connectivity index (χ1v) is 7.96. The second-order valence-corrected chi connectivity index (χ2v) is 6.62. The van der Waals surface area contributed by atoms with Gasteiger partial charge in [-0.3, -0.25) is 4.79 Å². The fourth-order valence-electron chi connectivity index (χ4n) is 2.66. The minimum atomic E-state index is 0.0419. The van der Waals surface area contributed by atoms with Gasteiger partial charge in [0.05, 0.1) is 5.02 Å². The fourth-order valence-corrected chi connectivity index (χ4v) is 3.17. The number of rotatable bonds is 2. The molecule has 5 heteroatoms. The molecule has 1 aliphatic rings. The number of carbonyl (C=O) groups is 1. The number of halogens is 2. The molecule has 3 nitrogen and oxygen atoms in total. The lowest BCUT2D eigenvalue weighted by molar-refractivity contribution is 0.0532. The molecule has 1 aromatic rings. The number of hydrogen-bond acceptors (Lipinski definition) is 2. The Labute approximate surface area is 132 Å². The predicted molar refractivity (Wildman–Crippen MR) is 86.4 cm³/mol. The highest BCUT2D eigenvalue weighted by Gasteiger charge is 2.31. The topological polar surface area (TPSA) is 46.3 Å². The number of amides is 1. The molecular formula is C14H18ClIN2O. The third-order valence-corrected chi connectivity index (χ3v) is 5.36. The number of piperidine rings is 1. The van der Waals surface area contributed by atoms with E-state index in [2.05, 4.69) is 29.5 Å². The first-order valence-electron chi connectivity index (χ1n) is 6.50. The Morgan fingerprint density at radius 2 is 2.32 bits per heavy atom. The van der Waals surface area contributed by atoms with Gasteiger partial charge in [-0.2, -0.15) is 0 Å². The molecule has 0 saturated carbocycles. The van der Waals surface area contributed by atoms with E-state index >= 15 is 0 Å². The van der Waals surface area contributed by atoms with Crippen LogP contribution in [0.3, 0.4) is 0 Å². The van der Waals surface area contributed by atoms with Gasteiger partial charge >= 0.3 is 0 Å². The summed E-state index contributed by atoms with van der Waals surface area (Å²) in [5.41, 5.74) is 6.48. The van der Waals surface area contributed by atoms with E-state index in [1.54, 1.807) is 6.07 Å². The average Bonchev–Trinajstić information content (AvgIpc) is 2.40. The third kappa shape index (κ3) is 3.23. The number of likely N-dealkylation sites (tertiary alicyclic amines) is 1. The average molecular weight is 393 g/mol. The van der Waals surface area contributed by atoms with E-state index in [1.807, 2.05) is 17.0 Å². The smallest absolute Gasteiger partial charge is 0.254 e. The minimum Gasteiger partial charge on any atom is -0.334 e. The van der Waals surface area contributed by atoms with Crippen molar-refractivity contribution in [3.05, 3.63) is 32.4 Å². The maximum absolute atomic E-state index is 12.6. The van der Waals surface area contributed by atoms with E-state index < -0.39 is 0 Å². The number of hydrogen-bond donors (Lipinski definition) is 1. The van der Waals surface area contributed by atoms with Crippen LogP contribution in [0.15, 0.2) is 18.2 Å². The zero-order valence-corrected chi connectivity index (χ0v) is 13.8. The van der Waals surface area contributed by atoms with E-state index in [4.69, 9.17) is 17.3 Å². The molecule has 1 fully saturated rings. The lowest BCUT2D eigenvalue weighted by Gasteiger charge is -2.39. The van der Waals surface area contributed by atoms with Crippen LogP contribution in [0.4, 0.5) is 0 Å². The highest BCUT2D eigenvalue weighted by molar-refractivity contribution is 14.1. The van der Waals surface area contributed by atoms with Crippen LogP contribution < -0.4 is 5.73 Å². The van der Waals surface area contributed by atoms with Crippen molar-refractivity contribution in [2.24, 2.45) is 11.7 Å². The lowest BCUT2D eigenvalue weighted by atomic mass is 9.90. The van der Waals surface area contributed by atoms with Gasteiger partial charge in [-0.05, 0) is 59.5 Å². The van der Waals surface area contributed by atoms with Crippen molar-refractivity contribution < 1.29 is 4.79 Å². The Kier molecular flexibility index (Phi) is 5.09. The van der Waals surface area contributed by atoms with Crippen molar-refractivity contribution in [2.75, 3.05) is 13.1 Å². The highest BCUT2D eigenvalue weighted by Crippen LogP contribution is 2.26. The van der Waals surface area contributed by atoms with E-state index in [0.717, 1.165) is 23.0 Å². The highest BCUT2D eigenvalue weighted by atomic mass is 127. The zero-order chi connectivity index (χ0) is 14.0. The number of benzene rings is 1. The molecule has 1 aliphatic heterocycles. The summed E-state index contributed by atoms with van der Waals surface area (Å²) in [4.78, 5) is 14.5. The van der Waals surface area contributed by atoms with Crippen LogP contribution in [0.5, 0.6) is 0 Å². The molecular weight excluding hydrogens is 375 g/mol. The first kappa shape index (κ1) is 15.1. The summed E-state index contributed by atoms with van der Waals surface area (Å²) in [6.07, 6.45) is 2.18. The summed E-state index contributed by atoms with van der Waals surface area (Å²) in [6.45, 7) is 3.47. The molecule has 104 valence electrons. The fraction of sp³-hybridized carbons (Fsp3) is 0.500. The van der Waals surface area contributed by atoms with Gasteiger partial charge in [0.25, 0.3) is 5.91 Å². The predicted octanol–water partition coefficient (Wildman–Crippen LogP) is 3.14. The standard InChI is InChI=1S/C14H18ClIN2O/c1-9-3-2-6-18(13(9)8-17)14(19)10-4-5-12(16)11(15)7-10/h4-5,7,9,13H,2-3,6,8,17H2,1H3. The molecule has 0 spiro atoms. The molecule has 0 radical (unpaired) electrons. The van der Waals surface area contributed by atoms with Gasteiger partial charge in [0.1, 0.15) is 0 Å². The van der Waals surface area contributed by atoms with Gasteiger partial charge in [0.15, 0.2) is 0 Å². The van der Waals surface area contributed by atoms with Gasteiger partial charge in [-0.25, -0.2) is 0 Å². The molecule has 1 aromatic carbocycles. The maximum atomic E-state index is 12.6. The monoisotopic (exact) mass is 392 g/mol.